The van der Waals surface area contributed by atoms with Gasteiger partial charge in [0.2, 0.25) is 0 Å². The van der Waals surface area contributed by atoms with Crippen molar-refractivity contribution in [3.8, 4) is 0 Å². The number of rotatable bonds is 0. The van der Waals surface area contributed by atoms with E-state index in [9.17, 15) is 19.2 Å². The van der Waals surface area contributed by atoms with E-state index < -0.39 is 0 Å². The van der Waals surface area contributed by atoms with Gasteiger partial charge in [-0.2, -0.15) is 0 Å². The zero-order chi connectivity index (χ0) is 41.5. The molecule has 22 heteroatoms. The number of hydrogen-bond acceptors (Lipinski definition) is 14. The Balaban J connectivity index is 0.000000116. The highest BCUT2D eigenvalue weighted by molar-refractivity contribution is 9.11. The molecule has 0 spiro atoms. The van der Waals surface area contributed by atoms with Crippen LogP contribution in [-0.4, -0.2) is 37.5 Å². The SMILES string of the molecule is O=c1c2ccc3c(=O)n4c(nc5scc(Br)c54)c4sc(c2c34)c2nc3scc(Br)c3n12.O=c1c2sc3c4c(ccc(c24)c2nc4scc(Br)c4n12)c(=O)n1c3nc2scc(Br)c21. The summed E-state index contributed by atoms with van der Waals surface area (Å²) >= 11 is 23.2. The molecular formula is C40H8Br4N8O4S6. The molecule has 16 rings (SSSR count). The molecule has 0 N–H and O–H groups in total. The molecule has 62 heavy (non-hydrogen) atoms. The number of halogens is 4. The first-order valence-corrected chi connectivity index (χ1v) is 26.4. The number of aromatic nitrogens is 8. The van der Waals surface area contributed by atoms with E-state index in [0.29, 0.717) is 43.4 Å². The Bertz CT molecular complexity index is 4790. The summed E-state index contributed by atoms with van der Waals surface area (Å²) in [6.07, 6.45) is 0. The van der Waals surface area contributed by atoms with Crippen molar-refractivity contribution < 1.29 is 0 Å². The third-order valence-corrected chi connectivity index (χ3v) is 21.1. The smallest absolute Gasteiger partial charge is 0.268 e. The summed E-state index contributed by atoms with van der Waals surface area (Å²) in [5, 5.41) is 13.7. The predicted octanol–water partition coefficient (Wildman–Crippen LogP) is 12.1. The fraction of sp³-hybridized carbons (Fsp3) is 0. The van der Waals surface area contributed by atoms with Gasteiger partial charge in [-0.05, 0) is 88.0 Å². The van der Waals surface area contributed by atoms with Crippen LogP contribution in [-0.2, 0) is 0 Å². The molecule has 0 saturated heterocycles. The Morgan fingerprint density at radius 2 is 0.661 bits per heavy atom. The molecule has 0 atom stereocenters. The van der Waals surface area contributed by atoms with Crippen molar-refractivity contribution in [1.82, 2.24) is 37.5 Å². The third-order valence-electron chi connectivity index (χ3n) is 11.7. The zero-order valence-corrected chi connectivity index (χ0v) is 41.0. The quantitative estimate of drug-likeness (QED) is 0.137. The lowest BCUT2D eigenvalue weighted by atomic mass is 10.0. The van der Waals surface area contributed by atoms with E-state index >= 15 is 0 Å². The molecule has 0 fully saturated rings. The van der Waals surface area contributed by atoms with E-state index in [4.69, 9.17) is 19.9 Å². The average Bonchev–Trinajstić information content (AvgIpc) is 4.11. The molecule has 0 bridgehead atoms. The van der Waals surface area contributed by atoms with Crippen LogP contribution in [0.4, 0.5) is 0 Å². The molecule has 0 radical (unpaired) electrons. The fourth-order valence-electron chi connectivity index (χ4n) is 9.21. The van der Waals surface area contributed by atoms with Gasteiger partial charge in [0.15, 0.2) is 16.9 Å². The molecule has 0 unspecified atom stereocenters. The van der Waals surface area contributed by atoms with Crippen LogP contribution in [0.25, 0.3) is 126 Å². The van der Waals surface area contributed by atoms with Crippen LogP contribution in [0.5, 0.6) is 0 Å². The van der Waals surface area contributed by atoms with Gasteiger partial charge in [-0.1, -0.05) is 0 Å². The van der Waals surface area contributed by atoms with E-state index in [1.165, 1.54) is 56.7 Å². The first-order valence-electron chi connectivity index (χ1n) is 18.1. The number of nitrogens with zero attached hydrogens (tertiary/aromatic N) is 8. The van der Waals surface area contributed by atoms with Crippen molar-refractivity contribution in [2.45, 2.75) is 0 Å². The Morgan fingerprint density at radius 3 is 1.03 bits per heavy atom. The first kappa shape index (κ1) is 36.0. The second-order valence-electron chi connectivity index (χ2n) is 14.6. The molecule has 0 amide bonds. The molecule has 2 aromatic carbocycles. The van der Waals surface area contributed by atoms with Crippen molar-refractivity contribution in [1.29, 1.82) is 0 Å². The van der Waals surface area contributed by atoms with Crippen LogP contribution in [0, 0.1) is 0 Å². The van der Waals surface area contributed by atoms with Gasteiger partial charge >= 0.3 is 0 Å². The lowest BCUT2D eigenvalue weighted by molar-refractivity contribution is 1.18. The Hall–Kier alpha value is -4.36. The van der Waals surface area contributed by atoms with Crippen LogP contribution in [0.1, 0.15) is 0 Å². The fourth-order valence-corrected chi connectivity index (χ4v) is 18.0. The molecule has 296 valence electrons. The Labute approximate surface area is 396 Å². The van der Waals surface area contributed by atoms with Gasteiger partial charge in [0.25, 0.3) is 22.2 Å². The van der Waals surface area contributed by atoms with Crippen molar-refractivity contribution in [2.75, 3.05) is 0 Å². The monoisotopic (exact) mass is 1170 g/mol. The summed E-state index contributed by atoms with van der Waals surface area (Å²) in [6, 6.07) is 7.32. The molecular weight excluding hydrogens is 1170 g/mol. The highest BCUT2D eigenvalue weighted by atomic mass is 79.9. The maximum atomic E-state index is 13.7. The van der Waals surface area contributed by atoms with E-state index in [0.717, 1.165) is 100 Å². The molecule has 16 aromatic rings. The van der Waals surface area contributed by atoms with Gasteiger partial charge in [0, 0.05) is 64.6 Å². The van der Waals surface area contributed by atoms with E-state index in [1.54, 1.807) is 41.1 Å². The summed E-state index contributed by atoms with van der Waals surface area (Å²) in [4.78, 5) is 76.5. The standard InChI is InChI=1S/2C20H4Br2N4O2S3/c21-7-3-29-17-11(7)25-15(23-17)5-1-2-6-10-9(5)14(20(25)28)31-13(10)16-24-18-12(8(22)4-30-18)26(16)19(6)27;21-7-3-29-17-11(7)25-15(23-17)13-9-5(19(25)27)1-2-6-10(9)14(31-13)16-24-18-12(8(22)4-30-18)26(16)20(6)28/h2*1-4H. The lowest BCUT2D eigenvalue weighted by Gasteiger charge is -2.05. The summed E-state index contributed by atoms with van der Waals surface area (Å²) in [5.74, 6) is 0. The lowest BCUT2D eigenvalue weighted by Crippen LogP contribution is -2.15. The van der Waals surface area contributed by atoms with Crippen LogP contribution >= 0.6 is 132 Å². The number of fused-ring (bicyclic) bond motifs is 16. The van der Waals surface area contributed by atoms with Gasteiger partial charge in [-0.25, -0.2) is 19.9 Å². The summed E-state index contributed by atoms with van der Waals surface area (Å²) < 4.78 is 13.4. The van der Waals surface area contributed by atoms with Crippen LogP contribution in [0.3, 0.4) is 0 Å². The van der Waals surface area contributed by atoms with Gasteiger partial charge < -0.3 is 0 Å². The number of benzene rings is 2. The van der Waals surface area contributed by atoms with E-state index in [1.807, 2.05) is 33.7 Å². The average molecular weight is 1180 g/mol. The number of imidazole rings is 4. The predicted molar refractivity (Wildman–Crippen MR) is 271 cm³/mol. The molecule has 14 heterocycles. The van der Waals surface area contributed by atoms with Crippen molar-refractivity contribution >= 4 is 258 Å². The maximum Gasteiger partial charge on any atom is 0.274 e. The molecule has 0 saturated carbocycles. The van der Waals surface area contributed by atoms with E-state index in [2.05, 4.69) is 63.7 Å². The van der Waals surface area contributed by atoms with Gasteiger partial charge in [-0.15, -0.1) is 68.0 Å². The normalized spacial score (nSPS) is 13.1. The van der Waals surface area contributed by atoms with Gasteiger partial charge in [0.05, 0.1) is 32.0 Å². The molecule has 14 aromatic heterocycles. The minimum absolute atomic E-state index is 0.113. The molecule has 0 aliphatic carbocycles. The van der Waals surface area contributed by atoms with Crippen LogP contribution in [0.15, 0.2) is 82.9 Å². The highest BCUT2D eigenvalue weighted by Gasteiger charge is 2.28. The third kappa shape index (κ3) is 4.09. The van der Waals surface area contributed by atoms with Gasteiger partial charge in [0.1, 0.15) is 51.7 Å². The Morgan fingerprint density at radius 1 is 0.371 bits per heavy atom. The maximum absolute atomic E-state index is 13.7. The first-order chi connectivity index (χ1) is 30.1. The Kier molecular flexibility index (Phi) is 6.89. The van der Waals surface area contributed by atoms with Crippen LogP contribution < -0.4 is 22.2 Å². The molecule has 0 aliphatic heterocycles. The molecule has 12 nitrogen and oxygen atoms in total. The number of pyridine rings is 4. The highest BCUT2D eigenvalue weighted by Crippen LogP contribution is 2.46. The second-order valence-corrected chi connectivity index (χ2v) is 23.5. The van der Waals surface area contributed by atoms with Crippen molar-refractivity contribution in [3.63, 3.8) is 0 Å². The van der Waals surface area contributed by atoms with Crippen molar-refractivity contribution in [3.05, 3.63) is 105 Å². The summed E-state index contributed by atoms with van der Waals surface area (Å²) in [5.41, 5.74) is 5.18. The zero-order valence-electron chi connectivity index (χ0n) is 29.8. The second kappa shape index (κ2) is 11.9. The van der Waals surface area contributed by atoms with Crippen LogP contribution in [0.2, 0.25) is 0 Å². The largest absolute Gasteiger partial charge is 0.274 e. The summed E-state index contributed by atoms with van der Waals surface area (Å²) in [6.45, 7) is 0. The number of thiophene rings is 6. The van der Waals surface area contributed by atoms with Gasteiger partial charge in [-0.3, -0.25) is 36.8 Å². The number of hydrogen-bond donors (Lipinski definition) is 0. The topological polar surface area (TPSA) is 137 Å². The van der Waals surface area contributed by atoms with Crippen molar-refractivity contribution in [2.24, 2.45) is 0 Å². The molecule has 0 aliphatic rings. The minimum Gasteiger partial charge on any atom is -0.268 e. The minimum atomic E-state index is -0.120. The summed E-state index contributed by atoms with van der Waals surface area (Å²) in [7, 11) is 0. The van der Waals surface area contributed by atoms with E-state index in [-0.39, 0.29) is 22.2 Å².